The lowest BCUT2D eigenvalue weighted by atomic mass is 10.2. The molecule has 4 rings (SSSR count). The van der Waals surface area contributed by atoms with Gasteiger partial charge in [-0.2, -0.15) is 0 Å². The molecule has 0 aliphatic heterocycles. The average Bonchev–Trinajstić information content (AvgIpc) is 2.91. The maximum atomic E-state index is 12.2. The number of aromatic nitrogens is 1. The minimum absolute atomic E-state index is 0.0281. The van der Waals surface area contributed by atoms with E-state index >= 15 is 0 Å². The van der Waals surface area contributed by atoms with Crippen LogP contribution in [0.1, 0.15) is 0 Å². The zero-order valence-corrected chi connectivity index (χ0v) is 10.6. The van der Waals surface area contributed by atoms with Crippen LogP contribution in [-0.2, 0) is 0 Å². The molecule has 2 aromatic heterocycles. The number of benzene rings is 2. The van der Waals surface area contributed by atoms with E-state index in [0.717, 1.165) is 10.9 Å². The smallest absolute Gasteiger partial charge is 0.208 e. The fourth-order valence-electron chi connectivity index (χ4n) is 2.49. The molecular weight excluding hydrogens is 250 g/mol. The summed E-state index contributed by atoms with van der Waals surface area (Å²) in [6, 6.07) is 18.8. The minimum Gasteiger partial charge on any atom is -0.440 e. The van der Waals surface area contributed by atoms with Gasteiger partial charge in [0.25, 0.3) is 0 Å². The van der Waals surface area contributed by atoms with Crippen LogP contribution in [-0.4, -0.2) is 4.57 Å². The molecule has 20 heavy (non-hydrogen) atoms. The van der Waals surface area contributed by atoms with Gasteiger partial charge in [0.1, 0.15) is 5.58 Å². The van der Waals surface area contributed by atoms with E-state index < -0.39 is 0 Å². The summed E-state index contributed by atoms with van der Waals surface area (Å²) in [5.74, 6) is 0.537. The summed E-state index contributed by atoms with van der Waals surface area (Å²) in [6.45, 7) is 0. The van der Waals surface area contributed by atoms with Crippen molar-refractivity contribution in [2.75, 3.05) is 0 Å². The first-order valence-electron chi connectivity index (χ1n) is 6.42. The van der Waals surface area contributed by atoms with Crippen LogP contribution >= 0.6 is 0 Å². The molecule has 3 nitrogen and oxygen atoms in total. The van der Waals surface area contributed by atoms with Crippen molar-refractivity contribution in [3.05, 3.63) is 77.1 Å². The molecule has 0 saturated heterocycles. The maximum Gasteiger partial charge on any atom is 0.208 e. The van der Waals surface area contributed by atoms with E-state index in [0.29, 0.717) is 16.9 Å². The van der Waals surface area contributed by atoms with Crippen LogP contribution in [0.4, 0.5) is 0 Å². The normalized spacial score (nSPS) is 11.2. The predicted octanol–water partition coefficient (Wildman–Crippen LogP) is 3.74. The van der Waals surface area contributed by atoms with Crippen LogP contribution in [0.5, 0.6) is 0 Å². The Morgan fingerprint density at radius 2 is 1.70 bits per heavy atom. The van der Waals surface area contributed by atoms with Crippen molar-refractivity contribution in [2.45, 2.75) is 0 Å². The topological polar surface area (TPSA) is 35.1 Å². The summed E-state index contributed by atoms with van der Waals surface area (Å²) < 4.78 is 7.75. The first-order chi connectivity index (χ1) is 9.83. The van der Waals surface area contributed by atoms with Gasteiger partial charge in [0.2, 0.25) is 5.88 Å². The van der Waals surface area contributed by atoms with Crippen LogP contribution in [0.2, 0.25) is 0 Å². The fourth-order valence-corrected chi connectivity index (χ4v) is 2.49. The van der Waals surface area contributed by atoms with Gasteiger partial charge in [-0.3, -0.25) is 9.36 Å². The van der Waals surface area contributed by atoms with Crippen molar-refractivity contribution in [1.29, 1.82) is 0 Å². The first kappa shape index (κ1) is 11.1. The van der Waals surface area contributed by atoms with Crippen molar-refractivity contribution >= 4 is 21.9 Å². The molecule has 0 N–H and O–H groups in total. The van der Waals surface area contributed by atoms with E-state index in [1.165, 1.54) is 6.07 Å². The van der Waals surface area contributed by atoms with Gasteiger partial charge in [-0.1, -0.05) is 30.3 Å². The van der Waals surface area contributed by atoms with Crippen LogP contribution in [0.25, 0.3) is 27.8 Å². The molecule has 96 valence electrons. The van der Waals surface area contributed by atoms with Gasteiger partial charge in [-0.05, 0) is 24.3 Å². The van der Waals surface area contributed by atoms with Crippen molar-refractivity contribution in [2.24, 2.45) is 0 Å². The lowest BCUT2D eigenvalue weighted by molar-refractivity contribution is 0.573. The Bertz CT molecular complexity index is 979. The Morgan fingerprint density at radius 1 is 0.900 bits per heavy atom. The second kappa shape index (κ2) is 4.10. The quantitative estimate of drug-likeness (QED) is 0.523. The Labute approximate surface area is 114 Å². The SMILES string of the molecule is O=c1cc(-n2ccc3ccccc32)oc2ccccc12. The summed E-state index contributed by atoms with van der Waals surface area (Å²) in [5, 5.41) is 1.72. The van der Waals surface area contributed by atoms with E-state index in [9.17, 15) is 4.79 Å². The van der Waals surface area contributed by atoms with Crippen LogP contribution in [0, 0.1) is 0 Å². The van der Waals surface area contributed by atoms with Gasteiger partial charge in [-0.25, -0.2) is 0 Å². The Kier molecular flexibility index (Phi) is 2.27. The molecule has 0 radical (unpaired) electrons. The number of para-hydroxylation sites is 2. The zero-order chi connectivity index (χ0) is 13.5. The molecule has 0 aliphatic rings. The first-order valence-corrected chi connectivity index (χ1v) is 6.42. The number of hydrogen-bond acceptors (Lipinski definition) is 2. The number of fused-ring (bicyclic) bond motifs is 2. The molecule has 0 atom stereocenters. The highest BCUT2D eigenvalue weighted by atomic mass is 16.3. The zero-order valence-electron chi connectivity index (χ0n) is 10.6. The third-order valence-electron chi connectivity index (χ3n) is 3.46. The second-order valence-corrected chi connectivity index (χ2v) is 4.69. The highest BCUT2D eigenvalue weighted by Gasteiger charge is 2.08. The monoisotopic (exact) mass is 261 g/mol. The molecule has 4 aromatic rings. The summed E-state index contributed by atoms with van der Waals surface area (Å²) in [5.41, 5.74) is 1.60. The molecule has 0 aliphatic carbocycles. The van der Waals surface area contributed by atoms with Gasteiger partial charge in [0, 0.05) is 17.6 Å². The lowest BCUT2D eigenvalue weighted by Gasteiger charge is -2.05. The summed E-state index contributed by atoms with van der Waals surface area (Å²) >= 11 is 0. The Morgan fingerprint density at radius 3 is 2.65 bits per heavy atom. The Hall–Kier alpha value is -2.81. The van der Waals surface area contributed by atoms with Crippen LogP contribution in [0.15, 0.2) is 76.1 Å². The molecule has 0 saturated carbocycles. The standard InChI is InChI=1S/C17H11NO2/c19-15-11-17(20-16-8-4-2-6-13(15)16)18-10-9-12-5-1-3-7-14(12)18/h1-11H. The Balaban J connectivity index is 2.05. The molecule has 0 fully saturated rings. The second-order valence-electron chi connectivity index (χ2n) is 4.69. The summed E-state index contributed by atoms with van der Waals surface area (Å²) in [7, 11) is 0. The molecule has 2 heterocycles. The van der Waals surface area contributed by atoms with Crippen molar-refractivity contribution < 1.29 is 4.42 Å². The molecule has 0 bridgehead atoms. The summed E-state index contributed by atoms with van der Waals surface area (Å²) in [6.07, 6.45) is 1.91. The van der Waals surface area contributed by atoms with E-state index in [1.807, 2.05) is 59.3 Å². The third-order valence-corrected chi connectivity index (χ3v) is 3.46. The highest BCUT2D eigenvalue weighted by Crippen LogP contribution is 2.21. The number of hydrogen-bond donors (Lipinski definition) is 0. The minimum atomic E-state index is -0.0281. The maximum absolute atomic E-state index is 12.2. The molecule has 0 spiro atoms. The van der Waals surface area contributed by atoms with Crippen LogP contribution < -0.4 is 5.43 Å². The molecule has 0 amide bonds. The van der Waals surface area contributed by atoms with E-state index in [-0.39, 0.29) is 5.43 Å². The average molecular weight is 261 g/mol. The molecule has 0 unspecified atom stereocenters. The predicted molar refractivity (Wildman–Crippen MR) is 79.3 cm³/mol. The van der Waals surface area contributed by atoms with Gasteiger partial charge in [-0.15, -0.1) is 0 Å². The van der Waals surface area contributed by atoms with Crippen molar-refractivity contribution in [3.63, 3.8) is 0 Å². The third kappa shape index (κ3) is 1.57. The van der Waals surface area contributed by atoms with Gasteiger partial charge < -0.3 is 4.42 Å². The molecule has 2 aromatic carbocycles. The molecular formula is C17H11NO2. The van der Waals surface area contributed by atoms with E-state index in [2.05, 4.69) is 0 Å². The van der Waals surface area contributed by atoms with Crippen molar-refractivity contribution in [3.8, 4) is 5.88 Å². The fraction of sp³-hybridized carbons (Fsp3) is 0. The van der Waals surface area contributed by atoms with E-state index in [4.69, 9.17) is 4.42 Å². The van der Waals surface area contributed by atoms with Crippen LogP contribution in [0.3, 0.4) is 0 Å². The van der Waals surface area contributed by atoms with Crippen molar-refractivity contribution in [1.82, 2.24) is 4.57 Å². The lowest BCUT2D eigenvalue weighted by Crippen LogP contribution is -2.03. The van der Waals surface area contributed by atoms with Gasteiger partial charge in [0.05, 0.1) is 10.9 Å². The largest absolute Gasteiger partial charge is 0.440 e. The summed E-state index contributed by atoms with van der Waals surface area (Å²) in [4.78, 5) is 12.2. The van der Waals surface area contributed by atoms with Gasteiger partial charge >= 0.3 is 0 Å². The molecule has 3 heteroatoms. The number of rotatable bonds is 1. The van der Waals surface area contributed by atoms with E-state index in [1.54, 1.807) is 6.07 Å². The number of nitrogens with zero attached hydrogens (tertiary/aromatic N) is 1. The highest BCUT2D eigenvalue weighted by molar-refractivity contribution is 5.82. The van der Waals surface area contributed by atoms with Gasteiger partial charge in [0.15, 0.2) is 5.43 Å².